The number of aromatic amines is 1. The van der Waals surface area contributed by atoms with E-state index in [0.29, 0.717) is 28.5 Å². The fraction of sp³-hybridized carbons (Fsp3) is 0.103. The first kappa shape index (κ1) is 24.7. The zero-order valence-corrected chi connectivity index (χ0v) is 22.0. The highest BCUT2D eigenvalue weighted by Crippen LogP contribution is 2.36. The van der Waals surface area contributed by atoms with Gasteiger partial charge in [0.05, 0.1) is 11.4 Å². The average molecular weight is 532 g/mol. The first-order valence-corrected chi connectivity index (χ1v) is 12.5. The van der Waals surface area contributed by atoms with Crippen molar-refractivity contribution in [1.82, 2.24) is 25.2 Å². The van der Waals surface area contributed by atoms with E-state index < -0.39 is 0 Å². The molecule has 3 aromatic carbocycles. The minimum absolute atomic E-state index is 0.0191. The van der Waals surface area contributed by atoms with Crippen LogP contribution in [0.4, 0.5) is 11.4 Å². The SMILES string of the molecule is Cc1ccc(N2N=C(c3ccn(C)c3)C(=NNc3cccc(-c4cccc(-c5nnn[nH]5)c4)c3O)C2=O)cc1C. The van der Waals surface area contributed by atoms with Gasteiger partial charge >= 0.3 is 5.91 Å². The van der Waals surface area contributed by atoms with Gasteiger partial charge in [0.1, 0.15) is 11.5 Å². The molecule has 40 heavy (non-hydrogen) atoms. The third-order valence-corrected chi connectivity index (χ3v) is 6.78. The molecule has 0 saturated carbocycles. The van der Waals surface area contributed by atoms with Crippen molar-refractivity contribution in [2.75, 3.05) is 10.4 Å². The molecule has 0 bridgehead atoms. The highest BCUT2D eigenvalue weighted by atomic mass is 16.3. The number of hydrogen-bond acceptors (Lipinski definition) is 8. The molecule has 0 fully saturated rings. The van der Waals surface area contributed by atoms with Gasteiger partial charge in [0.2, 0.25) is 0 Å². The Morgan fingerprint density at radius 3 is 2.52 bits per heavy atom. The van der Waals surface area contributed by atoms with E-state index in [9.17, 15) is 9.90 Å². The fourth-order valence-electron chi connectivity index (χ4n) is 4.46. The van der Waals surface area contributed by atoms with E-state index in [-0.39, 0.29) is 17.4 Å². The minimum Gasteiger partial charge on any atom is -0.505 e. The van der Waals surface area contributed by atoms with Gasteiger partial charge in [-0.15, -0.1) is 5.10 Å². The van der Waals surface area contributed by atoms with E-state index in [1.807, 2.05) is 86.4 Å². The highest BCUT2D eigenvalue weighted by molar-refractivity contribution is 6.74. The number of amides is 1. The summed E-state index contributed by atoms with van der Waals surface area (Å²) >= 11 is 0. The lowest BCUT2D eigenvalue weighted by Crippen LogP contribution is -2.28. The molecule has 1 aliphatic rings. The number of tetrazole rings is 1. The maximum atomic E-state index is 13.6. The quantitative estimate of drug-likeness (QED) is 0.219. The Balaban J connectivity index is 1.35. The van der Waals surface area contributed by atoms with Gasteiger partial charge in [-0.05, 0) is 71.3 Å². The van der Waals surface area contributed by atoms with Gasteiger partial charge in [-0.3, -0.25) is 10.2 Å². The van der Waals surface area contributed by atoms with E-state index in [1.54, 1.807) is 18.2 Å². The Kier molecular flexibility index (Phi) is 6.15. The Morgan fingerprint density at radius 2 is 1.77 bits per heavy atom. The number of aromatic nitrogens is 5. The van der Waals surface area contributed by atoms with Crippen molar-refractivity contribution in [2.24, 2.45) is 17.3 Å². The Bertz CT molecular complexity index is 1800. The van der Waals surface area contributed by atoms with E-state index >= 15 is 0 Å². The van der Waals surface area contributed by atoms with Crippen molar-refractivity contribution in [1.29, 1.82) is 0 Å². The second kappa shape index (κ2) is 9.95. The molecule has 0 unspecified atom stereocenters. The van der Waals surface area contributed by atoms with Crippen LogP contribution < -0.4 is 10.4 Å². The van der Waals surface area contributed by atoms with Gasteiger partial charge in [-0.25, -0.2) is 5.10 Å². The Hall–Kier alpha value is -5.58. The molecule has 11 nitrogen and oxygen atoms in total. The predicted molar refractivity (Wildman–Crippen MR) is 153 cm³/mol. The van der Waals surface area contributed by atoms with Crippen LogP contribution in [0.25, 0.3) is 22.5 Å². The monoisotopic (exact) mass is 531 g/mol. The topological polar surface area (TPSA) is 137 Å². The van der Waals surface area contributed by atoms with Crippen LogP contribution in [-0.4, -0.2) is 47.6 Å². The van der Waals surface area contributed by atoms with Crippen molar-refractivity contribution in [3.05, 3.63) is 95.8 Å². The summed E-state index contributed by atoms with van der Waals surface area (Å²) in [5.41, 5.74) is 9.48. The number of hydrazone groups is 2. The van der Waals surface area contributed by atoms with Gasteiger partial charge in [0, 0.05) is 36.1 Å². The number of rotatable bonds is 6. The molecule has 0 aliphatic carbocycles. The number of carbonyl (C=O) groups is 1. The molecule has 0 spiro atoms. The normalized spacial score (nSPS) is 14.2. The summed E-state index contributed by atoms with van der Waals surface area (Å²) < 4.78 is 1.88. The first-order chi connectivity index (χ1) is 19.4. The van der Waals surface area contributed by atoms with Crippen molar-refractivity contribution >= 4 is 28.7 Å². The largest absolute Gasteiger partial charge is 0.505 e. The molecule has 3 heterocycles. The smallest absolute Gasteiger partial charge is 0.301 e. The number of para-hydroxylation sites is 1. The molecule has 5 aromatic rings. The molecule has 0 radical (unpaired) electrons. The van der Waals surface area contributed by atoms with E-state index in [0.717, 1.165) is 27.8 Å². The number of carbonyl (C=O) groups excluding carboxylic acids is 1. The van der Waals surface area contributed by atoms with Gasteiger partial charge in [-0.2, -0.15) is 15.2 Å². The number of phenolic OH excluding ortho intramolecular Hbond substituents is 1. The van der Waals surface area contributed by atoms with Crippen molar-refractivity contribution in [3.63, 3.8) is 0 Å². The third kappa shape index (κ3) is 4.49. The van der Waals surface area contributed by atoms with Crippen LogP contribution in [0.3, 0.4) is 0 Å². The lowest BCUT2D eigenvalue weighted by molar-refractivity contribution is -0.112. The zero-order chi connectivity index (χ0) is 27.8. The number of benzene rings is 3. The second-order valence-electron chi connectivity index (χ2n) is 9.50. The van der Waals surface area contributed by atoms with Crippen LogP contribution in [0.15, 0.2) is 89.3 Å². The van der Waals surface area contributed by atoms with Crippen LogP contribution in [0.5, 0.6) is 5.75 Å². The van der Waals surface area contributed by atoms with E-state index in [1.165, 1.54) is 5.01 Å². The van der Waals surface area contributed by atoms with Crippen molar-refractivity contribution in [3.8, 4) is 28.3 Å². The molecule has 6 rings (SSSR count). The second-order valence-corrected chi connectivity index (χ2v) is 9.50. The summed E-state index contributed by atoms with van der Waals surface area (Å²) in [4.78, 5) is 13.6. The first-order valence-electron chi connectivity index (χ1n) is 12.5. The molecule has 1 amide bonds. The Morgan fingerprint density at radius 1 is 0.950 bits per heavy atom. The van der Waals surface area contributed by atoms with Gasteiger partial charge in [0.25, 0.3) is 0 Å². The van der Waals surface area contributed by atoms with Crippen LogP contribution in [-0.2, 0) is 11.8 Å². The van der Waals surface area contributed by atoms with Crippen molar-refractivity contribution < 1.29 is 9.90 Å². The molecular formula is C29H25N9O2. The molecule has 1 aliphatic heterocycles. The molecule has 0 saturated heterocycles. The molecule has 11 heteroatoms. The summed E-state index contributed by atoms with van der Waals surface area (Å²) in [5.74, 6) is 0.121. The summed E-state index contributed by atoms with van der Waals surface area (Å²) in [6, 6.07) is 20.4. The number of anilines is 2. The predicted octanol–water partition coefficient (Wildman–Crippen LogP) is 4.41. The zero-order valence-electron chi connectivity index (χ0n) is 22.0. The number of aryl methyl sites for hydroxylation is 3. The number of H-pyrrole nitrogens is 1. The number of nitrogens with zero attached hydrogens (tertiary/aromatic N) is 7. The number of aromatic hydroxyl groups is 1. The molecule has 2 aromatic heterocycles. The standard InChI is InChI=1S/C29H25N9O2/c1-17-10-11-22(14-18(17)2)38-29(40)26(25(34-38)21-12-13-37(3)16-21)31-30-24-9-5-8-23(27(24)39)19-6-4-7-20(15-19)28-32-35-36-33-28/h4-16,30,39H,1-3H3,(H,32,33,35,36). The number of hydrogen-bond donors (Lipinski definition) is 3. The molecule has 0 atom stereocenters. The van der Waals surface area contributed by atoms with Gasteiger partial charge < -0.3 is 9.67 Å². The summed E-state index contributed by atoms with van der Waals surface area (Å²) in [6.07, 6.45) is 3.75. The van der Waals surface area contributed by atoms with Crippen LogP contribution >= 0.6 is 0 Å². The maximum absolute atomic E-state index is 13.6. The van der Waals surface area contributed by atoms with Gasteiger partial charge in [-0.1, -0.05) is 36.4 Å². The lowest BCUT2D eigenvalue weighted by Gasteiger charge is -2.13. The van der Waals surface area contributed by atoms with E-state index in [2.05, 4.69) is 36.3 Å². The fourth-order valence-corrected chi connectivity index (χ4v) is 4.46. The lowest BCUT2D eigenvalue weighted by atomic mass is 10.0. The van der Waals surface area contributed by atoms with Crippen LogP contribution in [0.1, 0.15) is 16.7 Å². The van der Waals surface area contributed by atoms with Crippen LogP contribution in [0, 0.1) is 13.8 Å². The number of nitrogens with one attached hydrogen (secondary N) is 2. The van der Waals surface area contributed by atoms with Crippen LogP contribution in [0.2, 0.25) is 0 Å². The van der Waals surface area contributed by atoms with E-state index in [4.69, 9.17) is 0 Å². The van der Waals surface area contributed by atoms with Gasteiger partial charge in [0.15, 0.2) is 11.5 Å². The highest BCUT2D eigenvalue weighted by Gasteiger charge is 2.34. The average Bonchev–Trinajstić information content (AvgIpc) is 3.71. The summed E-state index contributed by atoms with van der Waals surface area (Å²) in [7, 11) is 1.90. The summed E-state index contributed by atoms with van der Waals surface area (Å²) in [6.45, 7) is 4.01. The number of phenols is 1. The third-order valence-electron chi connectivity index (χ3n) is 6.78. The Labute approximate surface area is 229 Å². The molecule has 198 valence electrons. The molecular weight excluding hydrogens is 506 g/mol. The van der Waals surface area contributed by atoms with Crippen molar-refractivity contribution in [2.45, 2.75) is 13.8 Å². The minimum atomic E-state index is -0.376. The molecule has 3 N–H and O–H groups in total. The summed E-state index contributed by atoms with van der Waals surface area (Å²) in [5, 5.41) is 35.6. The maximum Gasteiger partial charge on any atom is 0.301 e.